The van der Waals surface area contributed by atoms with Crippen LogP contribution in [0.4, 0.5) is 4.79 Å². The lowest BCUT2D eigenvalue weighted by Crippen LogP contribution is -2.44. The van der Waals surface area contributed by atoms with Crippen LogP contribution in [-0.4, -0.2) is 45.3 Å². The zero-order valence-corrected chi connectivity index (χ0v) is 15.3. The number of nitrogens with one attached hydrogen (secondary N) is 1. The third-order valence-corrected chi connectivity index (χ3v) is 5.27. The second-order valence-electron chi connectivity index (χ2n) is 6.80. The van der Waals surface area contributed by atoms with Crippen molar-refractivity contribution < 1.29 is 4.79 Å². The number of carbonyl (C=O) groups is 1. The molecule has 0 aromatic carbocycles. The number of carbonyl (C=O) groups excluding carboxylic acids is 1. The Hall–Kier alpha value is -2.37. The summed E-state index contributed by atoms with van der Waals surface area (Å²) in [5, 5.41) is 7.48. The van der Waals surface area contributed by atoms with E-state index >= 15 is 0 Å². The Labute approximate surface area is 149 Å². The summed E-state index contributed by atoms with van der Waals surface area (Å²) in [6, 6.07) is 4.21. The Morgan fingerprint density at radius 3 is 2.52 bits per heavy atom. The molecule has 1 saturated heterocycles. The Kier molecular flexibility index (Phi) is 5.36. The molecule has 0 unspecified atom stereocenters. The predicted molar refractivity (Wildman–Crippen MR) is 97.6 cm³/mol. The Balaban J connectivity index is 1.45. The molecule has 1 fully saturated rings. The molecule has 0 spiro atoms. The number of urea groups is 1. The zero-order valence-electron chi connectivity index (χ0n) is 15.3. The van der Waals surface area contributed by atoms with Crippen molar-refractivity contribution in [3.63, 3.8) is 0 Å². The van der Waals surface area contributed by atoms with Crippen LogP contribution in [0.2, 0.25) is 0 Å². The van der Waals surface area contributed by atoms with Crippen molar-refractivity contribution in [1.82, 2.24) is 25.0 Å². The highest BCUT2D eigenvalue weighted by atomic mass is 16.2. The van der Waals surface area contributed by atoms with E-state index in [9.17, 15) is 4.79 Å². The molecule has 1 N–H and O–H groups in total. The number of likely N-dealkylation sites (tertiary alicyclic amines) is 1. The third-order valence-electron chi connectivity index (χ3n) is 5.27. The molecule has 6 heteroatoms. The molecular formula is C19H27N5O. The Morgan fingerprint density at radius 1 is 1.24 bits per heavy atom. The lowest BCUT2D eigenvalue weighted by atomic mass is 9.90. The summed E-state index contributed by atoms with van der Waals surface area (Å²) in [5.41, 5.74) is 4.79. The topological polar surface area (TPSA) is 63.1 Å². The molecule has 1 aliphatic heterocycles. The molecule has 2 aromatic rings. The number of pyridine rings is 1. The number of rotatable bonds is 4. The van der Waals surface area contributed by atoms with Gasteiger partial charge in [0.2, 0.25) is 0 Å². The molecule has 25 heavy (non-hydrogen) atoms. The first-order valence-electron chi connectivity index (χ1n) is 8.98. The van der Waals surface area contributed by atoms with Gasteiger partial charge in [0, 0.05) is 44.8 Å². The van der Waals surface area contributed by atoms with Gasteiger partial charge < -0.3 is 10.2 Å². The van der Waals surface area contributed by atoms with Crippen LogP contribution < -0.4 is 5.32 Å². The maximum atomic E-state index is 12.4. The van der Waals surface area contributed by atoms with E-state index in [1.807, 2.05) is 35.9 Å². The summed E-state index contributed by atoms with van der Waals surface area (Å²) in [6.07, 6.45) is 6.54. The fraction of sp³-hybridized carbons (Fsp3) is 0.526. The van der Waals surface area contributed by atoms with Gasteiger partial charge in [0.15, 0.2) is 0 Å². The first kappa shape index (κ1) is 17.5. The van der Waals surface area contributed by atoms with Crippen molar-refractivity contribution in [3.8, 4) is 0 Å². The van der Waals surface area contributed by atoms with Gasteiger partial charge in [0.05, 0.1) is 5.69 Å². The number of hydrogen-bond acceptors (Lipinski definition) is 3. The van der Waals surface area contributed by atoms with Crippen LogP contribution in [0.15, 0.2) is 24.5 Å². The van der Waals surface area contributed by atoms with Crippen molar-refractivity contribution in [1.29, 1.82) is 0 Å². The average Bonchev–Trinajstić information content (AvgIpc) is 2.88. The number of nitrogens with zero attached hydrogens (tertiary/aromatic N) is 4. The smallest absolute Gasteiger partial charge is 0.317 e. The van der Waals surface area contributed by atoms with E-state index in [-0.39, 0.29) is 6.03 Å². The quantitative estimate of drug-likeness (QED) is 0.930. The van der Waals surface area contributed by atoms with Crippen LogP contribution in [0.5, 0.6) is 0 Å². The van der Waals surface area contributed by atoms with Gasteiger partial charge >= 0.3 is 6.03 Å². The number of aryl methyl sites for hydroxylation is 2. The fourth-order valence-corrected chi connectivity index (χ4v) is 3.64. The van der Waals surface area contributed by atoms with Crippen LogP contribution in [0.1, 0.15) is 41.3 Å². The van der Waals surface area contributed by atoms with Crippen molar-refractivity contribution in [2.24, 2.45) is 7.05 Å². The van der Waals surface area contributed by atoms with Gasteiger partial charge in [0.1, 0.15) is 0 Å². The molecule has 1 aliphatic rings. The summed E-state index contributed by atoms with van der Waals surface area (Å²) in [6.45, 7) is 6.36. The highest BCUT2D eigenvalue weighted by molar-refractivity contribution is 5.74. The van der Waals surface area contributed by atoms with Crippen LogP contribution in [0.3, 0.4) is 0 Å². The van der Waals surface area contributed by atoms with E-state index in [0.29, 0.717) is 12.5 Å². The second-order valence-corrected chi connectivity index (χ2v) is 6.80. The van der Waals surface area contributed by atoms with Gasteiger partial charge in [-0.05, 0) is 62.3 Å². The summed E-state index contributed by atoms with van der Waals surface area (Å²) in [4.78, 5) is 18.4. The second kappa shape index (κ2) is 7.68. The van der Waals surface area contributed by atoms with Gasteiger partial charge in [0.25, 0.3) is 0 Å². The van der Waals surface area contributed by atoms with Gasteiger partial charge in [-0.1, -0.05) is 0 Å². The highest BCUT2D eigenvalue weighted by Crippen LogP contribution is 2.27. The van der Waals surface area contributed by atoms with Crippen LogP contribution in [-0.2, 0) is 13.5 Å². The molecule has 0 aliphatic carbocycles. The maximum absolute atomic E-state index is 12.4. The molecule has 0 atom stereocenters. The minimum absolute atomic E-state index is 0.0485. The van der Waals surface area contributed by atoms with E-state index in [0.717, 1.165) is 38.0 Å². The minimum atomic E-state index is 0.0485. The maximum Gasteiger partial charge on any atom is 0.317 e. The summed E-state index contributed by atoms with van der Waals surface area (Å²) in [7, 11) is 1.96. The number of aromatic nitrogens is 3. The highest BCUT2D eigenvalue weighted by Gasteiger charge is 2.23. The van der Waals surface area contributed by atoms with Crippen molar-refractivity contribution in [2.45, 2.75) is 39.0 Å². The molecule has 0 radical (unpaired) electrons. The van der Waals surface area contributed by atoms with Crippen molar-refractivity contribution in [2.75, 3.05) is 19.6 Å². The van der Waals surface area contributed by atoms with Gasteiger partial charge in [-0.15, -0.1) is 0 Å². The van der Waals surface area contributed by atoms with E-state index < -0.39 is 0 Å². The van der Waals surface area contributed by atoms with E-state index in [4.69, 9.17) is 0 Å². The Morgan fingerprint density at radius 2 is 1.92 bits per heavy atom. The van der Waals surface area contributed by atoms with Crippen LogP contribution in [0.25, 0.3) is 0 Å². The molecule has 6 nitrogen and oxygen atoms in total. The lowest BCUT2D eigenvalue weighted by molar-refractivity contribution is 0.181. The third kappa shape index (κ3) is 4.00. The largest absolute Gasteiger partial charge is 0.338 e. The van der Waals surface area contributed by atoms with Crippen LogP contribution >= 0.6 is 0 Å². The number of hydrogen-bond donors (Lipinski definition) is 1. The molecule has 3 rings (SSSR count). The standard InChI is InChI=1S/C19H27N5O/c1-14-18(15(2)23(3)22-14)6-11-21-19(25)24-12-7-17(8-13-24)16-4-9-20-10-5-16/h4-5,9-10,17H,6-8,11-13H2,1-3H3,(H,21,25). The summed E-state index contributed by atoms with van der Waals surface area (Å²) >= 11 is 0. The molecule has 134 valence electrons. The predicted octanol–water partition coefficient (Wildman–Crippen LogP) is 2.56. The molecule has 0 saturated carbocycles. The zero-order chi connectivity index (χ0) is 17.8. The van der Waals surface area contributed by atoms with Crippen molar-refractivity contribution in [3.05, 3.63) is 47.0 Å². The summed E-state index contributed by atoms with van der Waals surface area (Å²) in [5.74, 6) is 0.535. The molecule has 2 aromatic heterocycles. The summed E-state index contributed by atoms with van der Waals surface area (Å²) < 4.78 is 1.90. The van der Waals surface area contributed by atoms with E-state index in [1.54, 1.807) is 0 Å². The van der Waals surface area contributed by atoms with Gasteiger partial charge in [-0.2, -0.15) is 5.10 Å². The molecule has 0 bridgehead atoms. The molecule has 2 amide bonds. The minimum Gasteiger partial charge on any atom is -0.338 e. The van der Waals surface area contributed by atoms with Crippen LogP contribution in [0, 0.1) is 13.8 Å². The van der Waals surface area contributed by atoms with Gasteiger partial charge in [-0.25, -0.2) is 4.79 Å². The van der Waals surface area contributed by atoms with E-state index in [1.165, 1.54) is 16.8 Å². The Bertz CT molecular complexity index is 717. The van der Waals surface area contributed by atoms with Crippen molar-refractivity contribution >= 4 is 6.03 Å². The SMILES string of the molecule is Cc1nn(C)c(C)c1CCNC(=O)N1CCC(c2ccncc2)CC1. The normalized spacial score (nSPS) is 15.4. The number of amides is 2. The first-order chi connectivity index (χ1) is 12.1. The van der Waals surface area contributed by atoms with Gasteiger partial charge in [-0.3, -0.25) is 9.67 Å². The average molecular weight is 341 g/mol. The van der Waals surface area contributed by atoms with E-state index in [2.05, 4.69) is 34.5 Å². The molecular weight excluding hydrogens is 314 g/mol. The lowest BCUT2D eigenvalue weighted by Gasteiger charge is -2.32. The first-order valence-corrected chi connectivity index (χ1v) is 8.98. The number of piperidine rings is 1. The molecule has 3 heterocycles. The fourth-order valence-electron chi connectivity index (χ4n) is 3.64. The monoisotopic (exact) mass is 341 g/mol.